The zero-order valence-electron chi connectivity index (χ0n) is 14.6. The lowest BCUT2D eigenvalue weighted by Crippen LogP contribution is -2.38. The van der Waals surface area contributed by atoms with Crippen molar-refractivity contribution in [3.63, 3.8) is 0 Å². The van der Waals surface area contributed by atoms with E-state index in [4.69, 9.17) is 4.74 Å². The molecule has 134 valence electrons. The number of anilines is 1. The Labute approximate surface area is 152 Å². The molecule has 4 rings (SSSR count). The Morgan fingerprint density at radius 2 is 1.69 bits per heavy atom. The Bertz CT molecular complexity index is 912. The average Bonchev–Trinajstić information content (AvgIpc) is 2.96. The summed E-state index contributed by atoms with van der Waals surface area (Å²) < 4.78 is 7.77. The highest BCUT2D eigenvalue weighted by Crippen LogP contribution is 2.34. The fraction of sp³-hybridized carbons (Fsp3) is 0.286. The molecule has 0 aliphatic carbocycles. The molecule has 1 N–H and O–H groups in total. The minimum Gasteiger partial charge on any atom is -0.481 e. The van der Waals surface area contributed by atoms with Crippen molar-refractivity contribution < 1.29 is 14.6 Å². The number of carboxylic acid groups (broad SMARTS) is 1. The second-order valence-corrected chi connectivity index (χ2v) is 6.56. The van der Waals surface area contributed by atoms with Crippen LogP contribution in [0.25, 0.3) is 10.9 Å². The average molecular weight is 350 g/mol. The number of carbonyl (C=O) groups is 1. The number of hydrogen-bond donors (Lipinski definition) is 1. The van der Waals surface area contributed by atoms with Crippen LogP contribution in [0.15, 0.2) is 54.6 Å². The van der Waals surface area contributed by atoms with Crippen molar-refractivity contribution in [1.29, 1.82) is 0 Å². The highest BCUT2D eigenvalue weighted by Gasteiger charge is 2.24. The van der Waals surface area contributed by atoms with E-state index in [1.165, 1.54) is 5.56 Å². The smallest absolute Gasteiger partial charge is 0.307 e. The van der Waals surface area contributed by atoms with Gasteiger partial charge in [0.05, 0.1) is 25.2 Å². The molecule has 0 saturated carbocycles. The van der Waals surface area contributed by atoms with Crippen molar-refractivity contribution >= 4 is 22.7 Å². The third-order valence-corrected chi connectivity index (χ3v) is 4.87. The third kappa shape index (κ3) is 3.18. The molecular weight excluding hydrogens is 328 g/mol. The van der Waals surface area contributed by atoms with E-state index < -0.39 is 5.97 Å². The van der Waals surface area contributed by atoms with Gasteiger partial charge in [-0.3, -0.25) is 4.79 Å². The first kappa shape index (κ1) is 16.7. The number of nitrogens with zero attached hydrogens (tertiary/aromatic N) is 2. The van der Waals surface area contributed by atoms with E-state index in [2.05, 4.69) is 27.7 Å². The van der Waals surface area contributed by atoms with Crippen LogP contribution in [-0.2, 0) is 22.5 Å². The minimum absolute atomic E-state index is 0.0228. The molecule has 0 spiro atoms. The number of para-hydroxylation sites is 1. The van der Waals surface area contributed by atoms with Gasteiger partial charge in [0.2, 0.25) is 0 Å². The lowest BCUT2D eigenvalue weighted by molar-refractivity contribution is -0.136. The molecule has 0 amide bonds. The minimum atomic E-state index is -0.804. The summed E-state index contributed by atoms with van der Waals surface area (Å²) in [4.78, 5) is 13.8. The lowest BCUT2D eigenvalue weighted by Gasteiger charge is -2.31. The zero-order chi connectivity index (χ0) is 17.9. The van der Waals surface area contributed by atoms with Gasteiger partial charge in [-0.25, -0.2) is 0 Å². The Kier molecular flexibility index (Phi) is 4.63. The quantitative estimate of drug-likeness (QED) is 0.768. The van der Waals surface area contributed by atoms with E-state index in [1.807, 2.05) is 36.4 Å². The van der Waals surface area contributed by atoms with Gasteiger partial charge in [0.25, 0.3) is 0 Å². The molecule has 0 unspecified atom stereocenters. The van der Waals surface area contributed by atoms with E-state index in [0.29, 0.717) is 19.8 Å². The molecule has 2 heterocycles. The fourth-order valence-electron chi connectivity index (χ4n) is 3.75. The molecule has 1 aromatic heterocycles. The molecule has 5 nitrogen and oxygen atoms in total. The molecule has 0 atom stereocenters. The number of aliphatic carboxylic acids is 1. The van der Waals surface area contributed by atoms with Crippen molar-refractivity contribution in [2.75, 3.05) is 31.2 Å². The zero-order valence-corrected chi connectivity index (χ0v) is 14.6. The largest absolute Gasteiger partial charge is 0.481 e. The van der Waals surface area contributed by atoms with Crippen molar-refractivity contribution in [2.45, 2.75) is 13.0 Å². The van der Waals surface area contributed by atoms with Crippen LogP contribution in [0.2, 0.25) is 0 Å². The predicted molar refractivity (Wildman–Crippen MR) is 102 cm³/mol. The maximum absolute atomic E-state index is 11.6. The van der Waals surface area contributed by atoms with Gasteiger partial charge in [0.15, 0.2) is 0 Å². The number of aromatic nitrogens is 1. The van der Waals surface area contributed by atoms with Gasteiger partial charge in [-0.1, -0.05) is 48.5 Å². The number of ether oxygens (including phenoxy) is 1. The molecule has 1 saturated heterocycles. The normalized spacial score (nSPS) is 14.7. The monoisotopic (exact) mass is 350 g/mol. The summed E-state index contributed by atoms with van der Waals surface area (Å²) in [6.45, 7) is 3.60. The fourth-order valence-corrected chi connectivity index (χ4v) is 3.75. The van der Waals surface area contributed by atoms with Gasteiger partial charge in [-0.2, -0.15) is 0 Å². The van der Waals surface area contributed by atoms with Crippen molar-refractivity contribution in [1.82, 2.24) is 4.57 Å². The number of fused-ring (bicyclic) bond motifs is 1. The topological polar surface area (TPSA) is 54.7 Å². The van der Waals surface area contributed by atoms with E-state index in [9.17, 15) is 9.90 Å². The van der Waals surface area contributed by atoms with Crippen LogP contribution in [0, 0.1) is 0 Å². The maximum Gasteiger partial charge on any atom is 0.307 e. The first-order valence-corrected chi connectivity index (χ1v) is 8.92. The number of benzene rings is 2. The van der Waals surface area contributed by atoms with Crippen molar-refractivity contribution in [3.8, 4) is 0 Å². The van der Waals surface area contributed by atoms with Crippen LogP contribution < -0.4 is 4.90 Å². The second-order valence-electron chi connectivity index (χ2n) is 6.56. The Morgan fingerprint density at radius 1 is 1.00 bits per heavy atom. The van der Waals surface area contributed by atoms with Crippen LogP contribution in [-0.4, -0.2) is 41.9 Å². The first-order chi connectivity index (χ1) is 12.7. The van der Waals surface area contributed by atoms with Crippen molar-refractivity contribution in [3.05, 3.63) is 65.7 Å². The van der Waals surface area contributed by atoms with E-state index >= 15 is 0 Å². The Hall–Kier alpha value is -2.79. The summed E-state index contributed by atoms with van der Waals surface area (Å²) in [5, 5.41) is 10.5. The standard InChI is InChI=1S/C21H22N2O3/c24-20(25)14-18-17-8-4-5-9-19(17)23(15-16-6-2-1-3-7-16)21(18)22-10-12-26-13-11-22/h1-9H,10-15H2,(H,24,25). The molecule has 3 aromatic rings. The summed E-state index contributed by atoms with van der Waals surface area (Å²) in [6.07, 6.45) is 0.0228. The predicted octanol–water partition coefficient (Wildman–Crippen LogP) is 3.15. The molecule has 1 aliphatic heterocycles. The molecule has 2 aromatic carbocycles. The van der Waals surface area contributed by atoms with Gasteiger partial charge in [-0.05, 0) is 11.6 Å². The lowest BCUT2D eigenvalue weighted by atomic mass is 10.1. The van der Waals surface area contributed by atoms with E-state index in [0.717, 1.165) is 35.4 Å². The molecule has 1 aliphatic rings. The van der Waals surface area contributed by atoms with Gasteiger partial charge in [0, 0.05) is 30.6 Å². The first-order valence-electron chi connectivity index (χ1n) is 8.92. The van der Waals surface area contributed by atoms with E-state index in [1.54, 1.807) is 0 Å². The van der Waals surface area contributed by atoms with Gasteiger partial charge in [-0.15, -0.1) is 0 Å². The summed E-state index contributed by atoms with van der Waals surface area (Å²) in [6, 6.07) is 18.4. The Morgan fingerprint density at radius 3 is 2.42 bits per heavy atom. The number of carboxylic acids is 1. The third-order valence-electron chi connectivity index (χ3n) is 4.87. The van der Waals surface area contributed by atoms with Gasteiger partial charge < -0.3 is 19.3 Å². The summed E-state index contributed by atoms with van der Waals surface area (Å²) in [5.41, 5.74) is 3.17. The SMILES string of the molecule is O=C(O)Cc1c(N2CCOCC2)n(Cc2ccccc2)c2ccccc12. The highest BCUT2D eigenvalue weighted by molar-refractivity contribution is 5.93. The number of rotatable bonds is 5. The Balaban J connectivity index is 1.90. The van der Waals surface area contributed by atoms with Crippen LogP contribution in [0.1, 0.15) is 11.1 Å². The van der Waals surface area contributed by atoms with Gasteiger partial charge >= 0.3 is 5.97 Å². The molecule has 26 heavy (non-hydrogen) atoms. The molecular formula is C21H22N2O3. The summed E-state index contributed by atoms with van der Waals surface area (Å²) in [7, 11) is 0. The highest BCUT2D eigenvalue weighted by atomic mass is 16.5. The molecule has 0 bridgehead atoms. The number of hydrogen-bond acceptors (Lipinski definition) is 3. The van der Waals surface area contributed by atoms with Crippen LogP contribution >= 0.6 is 0 Å². The maximum atomic E-state index is 11.6. The second kappa shape index (κ2) is 7.22. The molecule has 0 radical (unpaired) electrons. The molecule has 1 fully saturated rings. The number of morpholine rings is 1. The summed E-state index contributed by atoms with van der Waals surface area (Å²) in [5.74, 6) is 0.211. The van der Waals surface area contributed by atoms with Crippen LogP contribution in [0.4, 0.5) is 5.82 Å². The molecule has 5 heteroatoms. The van der Waals surface area contributed by atoms with Crippen LogP contribution in [0.5, 0.6) is 0 Å². The van der Waals surface area contributed by atoms with Gasteiger partial charge in [0.1, 0.15) is 5.82 Å². The van der Waals surface area contributed by atoms with E-state index in [-0.39, 0.29) is 6.42 Å². The van der Waals surface area contributed by atoms with Crippen molar-refractivity contribution in [2.24, 2.45) is 0 Å². The summed E-state index contributed by atoms with van der Waals surface area (Å²) >= 11 is 0. The van der Waals surface area contributed by atoms with Crippen LogP contribution in [0.3, 0.4) is 0 Å².